The number of aryl methyl sites for hydroxylation is 1. The molecule has 6 heteroatoms. The van der Waals surface area contributed by atoms with Crippen molar-refractivity contribution in [3.05, 3.63) is 40.8 Å². The van der Waals surface area contributed by atoms with Crippen LogP contribution in [0.2, 0.25) is 5.02 Å². The summed E-state index contributed by atoms with van der Waals surface area (Å²) >= 11 is 6.14. The SMILES string of the molecule is CC(C)c1cnc(C(=O)Nc2ccnn2C)cc1Cl. The van der Waals surface area contributed by atoms with Gasteiger partial charge in [0.15, 0.2) is 0 Å². The van der Waals surface area contributed by atoms with Crippen molar-refractivity contribution in [3.63, 3.8) is 0 Å². The molecule has 5 nitrogen and oxygen atoms in total. The van der Waals surface area contributed by atoms with Crippen molar-refractivity contribution in [3.8, 4) is 0 Å². The smallest absolute Gasteiger partial charge is 0.275 e. The Bertz CT molecular complexity index is 606. The van der Waals surface area contributed by atoms with Gasteiger partial charge in [-0.3, -0.25) is 14.5 Å². The first-order valence-corrected chi connectivity index (χ1v) is 6.31. The van der Waals surface area contributed by atoms with Crippen LogP contribution in [0.5, 0.6) is 0 Å². The van der Waals surface area contributed by atoms with E-state index in [1.165, 1.54) is 0 Å². The molecule has 0 aromatic carbocycles. The van der Waals surface area contributed by atoms with Gasteiger partial charge in [0.25, 0.3) is 5.91 Å². The highest BCUT2D eigenvalue weighted by molar-refractivity contribution is 6.31. The Kier molecular flexibility index (Phi) is 3.85. The van der Waals surface area contributed by atoms with Gasteiger partial charge in [0.2, 0.25) is 0 Å². The highest BCUT2D eigenvalue weighted by Crippen LogP contribution is 2.23. The Morgan fingerprint density at radius 3 is 2.74 bits per heavy atom. The lowest BCUT2D eigenvalue weighted by atomic mass is 10.1. The molecule has 1 amide bonds. The minimum atomic E-state index is -0.305. The molecule has 0 aliphatic heterocycles. The van der Waals surface area contributed by atoms with Gasteiger partial charge < -0.3 is 5.32 Å². The third-order valence-electron chi connectivity index (χ3n) is 2.80. The third-order valence-corrected chi connectivity index (χ3v) is 3.13. The summed E-state index contributed by atoms with van der Waals surface area (Å²) in [4.78, 5) is 16.2. The Morgan fingerprint density at radius 2 is 2.21 bits per heavy atom. The number of nitrogens with one attached hydrogen (secondary N) is 1. The maximum absolute atomic E-state index is 12.0. The van der Waals surface area contributed by atoms with Crippen LogP contribution >= 0.6 is 11.6 Å². The van der Waals surface area contributed by atoms with E-state index < -0.39 is 0 Å². The molecule has 0 radical (unpaired) electrons. The lowest BCUT2D eigenvalue weighted by Crippen LogP contribution is -2.16. The maximum Gasteiger partial charge on any atom is 0.275 e. The van der Waals surface area contributed by atoms with Gasteiger partial charge in [-0.15, -0.1) is 0 Å². The second-order valence-corrected chi connectivity index (χ2v) is 4.95. The predicted molar refractivity (Wildman–Crippen MR) is 74.5 cm³/mol. The van der Waals surface area contributed by atoms with E-state index in [0.29, 0.717) is 10.8 Å². The molecule has 0 spiro atoms. The highest BCUT2D eigenvalue weighted by Gasteiger charge is 2.13. The Balaban J connectivity index is 2.21. The van der Waals surface area contributed by atoms with Gasteiger partial charge in [-0.05, 0) is 17.5 Å². The molecule has 100 valence electrons. The predicted octanol–water partition coefficient (Wildman–Crippen LogP) is 2.84. The first kappa shape index (κ1) is 13.5. The molecule has 2 rings (SSSR count). The molecule has 0 unspecified atom stereocenters. The maximum atomic E-state index is 12.0. The molecule has 0 saturated heterocycles. The van der Waals surface area contributed by atoms with Crippen LogP contribution in [0.15, 0.2) is 24.5 Å². The van der Waals surface area contributed by atoms with Crippen molar-refractivity contribution < 1.29 is 4.79 Å². The molecular weight excluding hydrogens is 264 g/mol. The number of pyridine rings is 1. The van der Waals surface area contributed by atoms with Crippen LogP contribution in [0, 0.1) is 0 Å². The van der Waals surface area contributed by atoms with Crippen molar-refractivity contribution in [2.75, 3.05) is 5.32 Å². The van der Waals surface area contributed by atoms with Gasteiger partial charge in [-0.25, -0.2) is 0 Å². The number of amides is 1. The van der Waals surface area contributed by atoms with Crippen LogP contribution in [0.4, 0.5) is 5.82 Å². The number of rotatable bonds is 3. The van der Waals surface area contributed by atoms with Crippen molar-refractivity contribution >= 4 is 23.3 Å². The zero-order valence-electron chi connectivity index (χ0n) is 11.0. The van der Waals surface area contributed by atoms with Crippen LogP contribution in [0.1, 0.15) is 35.8 Å². The summed E-state index contributed by atoms with van der Waals surface area (Å²) in [7, 11) is 1.75. The summed E-state index contributed by atoms with van der Waals surface area (Å²) in [5, 5.41) is 7.25. The monoisotopic (exact) mass is 278 g/mol. The van der Waals surface area contributed by atoms with Gasteiger partial charge in [0.1, 0.15) is 11.5 Å². The molecule has 2 heterocycles. The standard InChI is InChI=1S/C13H15ClN4O/c1-8(2)9-7-15-11(6-10(9)14)13(19)17-12-4-5-16-18(12)3/h4-8H,1-3H3,(H,17,19). The molecule has 0 fully saturated rings. The minimum absolute atomic E-state index is 0.272. The lowest BCUT2D eigenvalue weighted by molar-refractivity contribution is 0.102. The molecule has 0 bridgehead atoms. The number of nitrogens with zero attached hydrogens (tertiary/aromatic N) is 3. The second kappa shape index (κ2) is 5.40. The van der Waals surface area contributed by atoms with Gasteiger partial charge >= 0.3 is 0 Å². The number of carbonyl (C=O) groups excluding carboxylic acids is 1. The first-order valence-electron chi connectivity index (χ1n) is 5.94. The topological polar surface area (TPSA) is 59.8 Å². The largest absolute Gasteiger partial charge is 0.305 e. The van der Waals surface area contributed by atoms with E-state index in [0.717, 1.165) is 5.56 Å². The molecule has 2 aromatic heterocycles. The fourth-order valence-electron chi connectivity index (χ4n) is 1.67. The van der Waals surface area contributed by atoms with E-state index in [1.54, 1.807) is 36.3 Å². The van der Waals surface area contributed by atoms with Gasteiger partial charge in [0, 0.05) is 24.3 Å². The molecule has 0 aliphatic carbocycles. The zero-order chi connectivity index (χ0) is 14.0. The van der Waals surface area contributed by atoms with E-state index >= 15 is 0 Å². The van der Waals surface area contributed by atoms with Gasteiger partial charge in [-0.1, -0.05) is 25.4 Å². The number of aromatic nitrogens is 3. The molecule has 19 heavy (non-hydrogen) atoms. The molecule has 0 saturated carbocycles. The lowest BCUT2D eigenvalue weighted by Gasteiger charge is -2.09. The average molecular weight is 279 g/mol. The summed E-state index contributed by atoms with van der Waals surface area (Å²) in [6.45, 7) is 4.05. The van der Waals surface area contributed by atoms with Crippen LogP contribution in [-0.4, -0.2) is 20.7 Å². The molecule has 0 atom stereocenters. The van der Waals surface area contributed by atoms with Crippen molar-refractivity contribution in [2.24, 2.45) is 7.05 Å². The number of carbonyl (C=O) groups is 1. The quantitative estimate of drug-likeness (QED) is 0.939. The third kappa shape index (κ3) is 2.93. The first-order chi connectivity index (χ1) is 8.99. The fraction of sp³-hybridized carbons (Fsp3) is 0.308. The Morgan fingerprint density at radius 1 is 1.47 bits per heavy atom. The summed E-state index contributed by atoms with van der Waals surface area (Å²) in [6, 6.07) is 3.30. The number of hydrogen-bond acceptors (Lipinski definition) is 3. The summed E-state index contributed by atoms with van der Waals surface area (Å²) in [6.07, 6.45) is 3.25. The average Bonchev–Trinajstić information content (AvgIpc) is 2.74. The van der Waals surface area contributed by atoms with E-state index in [2.05, 4.69) is 15.4 Å². The molecular formula is C13H15ClN4O. The summed E-state index contributed by atoms with van der Waals surface area (Å²) in [5.74, 6) is 0.575. The second-order valence-electron chi connectivity index (χ2n) is 4.54. The van der Waals surface area contributed by atoms with E-state index in [1.807, 2.05) is 13.8 Å². The number of anilines is 1. The highest BCUT2D eigenvalue weighted by atomic mass is 35.5. The van der Waals surface area contributed by atoms with Crippen LogP contribution in [0.3, 0.4) is 0 Å². The number of hydrogen-bond donors (Lipinski definition) is 1. The van der Waals surface area contributed by atoms with Gasteiger partial charge in [0.05, 0.1) is 6.20 Å². The van der Waals surface area contributed by atoms with Crippen molar-refractivity contribution in [1.29, 1.82) is 0 Å². The zero-order valence-corrected chi connectivity index (χ0v) is 11.8. The molecule has 0 aliphatic rings. The van der Waals surface area contributed by atoms with E-state index in [9.17, 15) is 4.79 Å². The fourth-order valence-corrected chi connectivity index (χ4v) is 2.04. The van der Waals surface area contributed by atoms with E-state index in [-0.39, 0.29) is 17.5 Å². The summed E-state index contributed by atoms with van der Waals surface area (Å²) < 4.78 is 1.57. The van der Waals surface area contributed by atoms with Crippen LogP contribution in [-0.2, 0) is 7.05 Å². The summed E-state index contributed by atoms with van der Waals surface area (Å²) in [5.41, 5.74) is 1.22. The van der Waals surface area contributed by atoms with Crippen molar-refractivity contribution in [1.82, 2.24) is 14.8 Å². The van der Waals surface area contributed by atoms with Crippen molar-refractivity contribution in [2.45, 2.75) is 19.8 Å². The minimum Gasteiger partial charge on any atom is -0.305 e. The Hall–Kier alpha value is -1.88. The van der Waals surface area contributed by atoms with Crippen LogP contribution in [0.25, 0.3) is 0 Å². The Labute approximate surface area is 116 Å². The molecule has 2 aromatic rings. The normalized spacial score (nSPS) is 10.8. The molecule has 1 N–H and O–H groups in total. The number of halogens is 1. The van der Waals surface area contributed by atoms with Crippen LogP contribution < -0.4 is 5.32 Å². The van der Waals surface area contributed by atoms with Gasteiger partial charge in [-0.2, -0.15) is 5.10 Å². The van der Waals surface area contributed by atoms with E-state index in [4.69, 9.17) is 11.6 Å².